The normalized spacial score (nSPS) is 32.3. The van der Waals surface area contributed by atoms with E-state index in [1.165, 1.54) is 0 Å². The lowest BCUT2D eigenvalue weighted by Gasteiger charge is -2.41. The Morgan fingerprint density at radius 1 is 1.27 bits per heavy atom. The van der Waals surface area contributed by atoms with Gasteiger partial charge in [0.25, 0.3) is 0 Å². The fourth-order valence-electron chi connectivity index (χ4n) is 4.98. The van der Waals surface area contributed by atoms with Gasteiger partial charge in [-0.05, 0) is 51.0 Å². The molecule has 1 spiro atoms. The van der Waals surface area contributed by atoms with E-state index in [-0.39, 0.29) is 11.5 Å². The number of hydrogen-bond acceptors (Lipinski definition) is 5. The zero-order valence-corrected chi connectivity index (χ0v) is 15.5. The summed E-state index contributed by atoms with van der Waals surface area (Å²) in [6.45, 7) is 2.46. The van der Waals surface area contributed by atoms with Crippen molar-refractivity contribution in [2.75, 3.05) is 31.6 Å². The molecule has 2 saturated heterocycles. The van der Waals surface area contributed by atoms with E-state index in [1.807, 2.05) is 0 Å². The fourth-order valence-corrected chi connectivity index (χ4v) is 4.98. The molecule has 3 aliphatic rings. The molecule has 2 aliphatic heterocycles. The number of aliphatic hydroxyl groups excluding tert-OH is 1. The largest absolute Gasteiger partial charge is 0.493 e. The Hall–Kier alpha value is -1.82. The van der Waals surface area contributed by atoms with Crippen LogP contribution in [0.15, 0.2) is 12.3 Å². The highest BCUT2D eigenvalue weighted by atomic mass is 16.5. The molecule has 26 heavy (non-hydrogen) atoms. The van der Waals surface area contributed by atoms with Crippen molar-refractivity contribution < 1.29 is 14.6 Å². The van der Waals surface area contributed by atoms with Crippen molar-refractivity contribution in [1.29, 1.82) is 0 Å². The van der Waals surface area contributed by atoms with Crippen LogP contribution in [0.2, 0.25) is 0 Å². The zero-order chi connectivity index (χ0) is 18.1. The highest BCUT2D eigenvalue weighted by molar-refractivity contribution is 5.86. The molecule has 1 saturated carbocycles. The lowest BCUT2D eigenvalue weighted by atomic mass is 9.78. The molecule has 1 atom stereocenters. The van der Waals surface area contributed by atoms with Crippen LogP contribution < -0.4 is 9.64 Å². The number of anilines is 1. The van der Waals surface area contributed by atoms with E-state index in [0.717, 1.165) is 63.9 Å². The molecule has 3 fully saturated rings. The molecule has 1 radical (unpaired) electrons. The van der Waals surface area contributed by atoms with Crippen molar-refractivity contribution >= 4 is 11.7 Å². The molecular formula is C20H28N3O3. The molecule has 1 aromatic heterocycles. The van der Waals surface area contributed by atoms with Gasteiger partial charge in [-0.25, -0.2) is 4.98 Å². The van der Waals surface area contributed by atoms with E-state index in [4.69, 9.17) is 4.74 Å². The molecule has 1 amide bonds. The lowest BCUT2D eigenvalue weighted by molar-refractivity contribution is -0.139. The number of pyridine rings is 1. The van der Waals surface area contributed by atoms with Gasteiger partial charge >= 0.3 is 0 Å². The molecule has 4 rings (SSSR count). The average molecular weight is 358 g/mol. The van der Waals surface area contributed by atoms with Crippen LogP contribution >= 0.6 is 0 Å². The van der Waals surface area contributed by atoms with Crippen LogP contribution in [0.25, 0.3) is 0 Å². The van der Waals surface area contributed by atoms with Crippen LogP contribution in [0.1, 0.15) is 44.9 Å². The smallest absolute Gasteiger partial charge is 0.230 e. The van der Waals surface area contributed by atoms with Crippen LogP contribution in [0.4, 0.5) is 5.82 Å². The Kier molecular flexibility index (Phi) is 4.78. The Labute approximate surface area is 155 Å². The molecule has 1 N–H and O–H groups in total. The van der Waals surface area contributed by atoms with Crippen LogP contribution in [-0.4, -0.2) is 59.8 Å². The number of methoxy groups -OCH3 is 1. The van der Waals surface area contributed by atoms with Gasteiger partial charge in [0, 0.05) is 37.9 Å². The van der Waals surface area contributed by atoms with Gasteiger partial charge in [-0.2, -0.15) is 0 Å². The maximum absolute atomic E-state index is 13.4. The van der Waals surface area contributed by atoms with E-state index in [1.54, 1.807) is 19.4 Å². The third kappa shape index (κ3) is 3.04. The minimum absolute atomic E-state index is 0.184. The van der Waals surface area contributed by atoms with Gasteiger partial charge in [0.05, 0.1) is 18.6 Å². The third-order valence-corrected chi connectivity index (χ3v) is 6.45. The van der Waals surface area contributed by atoms with Crippen molar-refractivity contribution in [3.63, 3.8) is 0 Å². The van der Waals surface area contributed by atoms with Gasteiger partial charge < -0.3 is 19.6 Å². The van der Waals surface area contributed by atoms with E-state index in [0.29, 0.717) is 24.2 Å². The summed E-state index contributed by atoms with van der Waals surface area (Å²) in [6.07, 6.45) is 7.83. The standard InChI is InChI=1S/C20H28N3O3/c1-26-17-4-2-11-21-18(17)22-12-3-9-20(14-22)10-13-23(19(20)25)15-5-7-16(24)8-6-15/h4,11,15-16,24H,3,5-10,12-14H2,1H3/t15?,16?,20-/m1/s1. The second-order valence-electron chi connectivity index (χ2n) is 7.98. The molecule has 1 aliphatic carbocycles. The number of amides is 1. The molecule has 6 nitrogen and oxygen atoms in total. The van der Waals surface area contributed by atoms with Crippen molar-refractivity contribution in [2.24, 2.45) is 5.41 Å². The Morgan fingerprint density at radius 3 is 2.85 bits per heavy atom. The fraction of sp³-hybridized carbons (Fsp3) is 0.700. The quantitative estimate of drug-likeness (QED) is 0.895. The van der Waals surface area contributed by atoms with E-state index in [2.05, 4.69) is 20.9 Å². The number of nitrogens with zero attached hydrogens (tertiary/aromatic N) is 3. The van der Waals surface area contributed by atoms with Gasteiger partial charge in [0.15, 0.2) is 11.6 Å². The van der Waals surface area contributed by atoms with Crippen LogP contribution in [0.5, 0.6) is 5.75 Å². The maximum Gasteiger partial charge on any atom is 0.230 e. The molecule has 0 bridgehead atoms. The molecule has 0 unspecified atom stereocenters. The molecule has 0 aromatic carbocycles. The van der Waals surface area contributed by atoms with Crippen molar-refractivity contribution in [2.45, 2.75) is 57.1 Å². The number of rotatable bonds is 3. The minimum Gasteiger partial charge on any atom is -0.493 e. The van der Waals surface area contributed by atoms with Gasteiger partial charge in [-0.1, -0.05) is 0 Å². The monoisotopic (exact) mass is 358 g/mol. The summed E-state index contributed by atoms with van der Waals surface area (Å²) in [7, 11) is 1.65. The Bertz CT molecular complexity index is 659. The lowest BCUT2D eigenvalue weighted by Crippen LogP contribution is -2.50. The SMILES string of the molecule is COc1c[c]cnc1N1CCC[C@@]2(CCN(C3CCC(O)CC3)C2=O)C1. The van der Waals surface area contributed by atoms with Crippen LogP contribution in [-0.2, 0) is 4.79 Å². The Balaban J connectivity index is 1.51. The van der Waals surface area contributed by atoms with E-state index in [9.17, 15) is 9.90 Å². The highest BCUT2D eigenvalue weighted by Gasteiger charge is 2.51. The number of piperidine rings is 1. The topological polar surface area (TPSA) is 65.9 Å². The first kappa shape index (κ1) is 17.6. The first-order valence-electron chi connectivity index (χ1n) is 9.77. The third-order valence-electron chi connectivity index (χ3n) is 6.45. The van der Waals surface area contributed by atoms with Crippen LogP contribution in [0.3, 0.4) is 0 Å². The zero-order valence-electron chi connectivity index (χ0n) is 15.5. The summed E-state index contributed by atoms with van der Waals surface area (Å²) in [5.41, 5.74) is -0.291. The number of hydrogen-bond donors (Lipinski definition) is 1. The summed E-state index contributed by atoms with van der Waals surface area (Å²) >= 11 is 0. The summed E-state index contributed by atoms with van der Waals surface area (Å²) in [4.78, 5) is 22.2. The molecule has 1 aromatic rings. The molecule has 141 valence electrons. The minimum atomic E-state index is -0.291. The number of ether oxygens (including phenoxy) is 1. The number of carbonyl (C=O) groups is 1. The predicted octanol–water partition coefficient (Wildman–Crippen LogP) is 2.01. The van der Waals surface area contributed by atoms with E-state index >= 15 is 0 Å². The first-order valence-corrected chi connectivity index (χ1v) is 9.77. The van der Waals surface area contributed by atoms with Gasteiger partial charge in [0.1, 0.15) is 0 Å². The summed E-state index contributed by atoms with van der Waals surface area (Å²) in [5, 5.41) is 9.76. The first-order chi connectivity index (χ1) is 12.6. The number of carbonyl (C=O) groups excluding carboxylic acids is 1. The summed E-state index contributed by atoms with van der Waals surface area (Å²) in [5.74, 6) is 1.84. The molecule has 3 heterocycles. The average Bonchev–Trinajstić information content (AvgIpc) is 2.98. The number of aliphatic hydroxyl groups is 1. The van der Waals surface area contributed by atoms with Crippen LogP contribution in [0, 0.1) is 11.5 Å². The van der Waals surface area contributed by atoms with Crippen molar-refractivity contribution in [3.8, 4) is 5.75 Å². The maximum atomic E-state index is 13.4. The number of aromatic nitrogens is 1. The van der Waals surface area contributed by atoms with Gasteiger partial charge in [0.2, 0.25) is 5.91 Å². The van der Waals surface area contributed by atoms with Crippen molar-refractivity contribution in [1.82, 2.24) is 9.88 Å². The summed E-state index contributed by atoms with van der Waals surface area (Å²) in [6, 6.07) is 5.07. The summed E-state index contributed by atoms with van der Waals surface area (Å²) < 4.78 is 5.45. The molecular weight excluding hydrogens is 330 g/mol. The molecule has 6 heteroatoms. The van der Waals surface area contributed by atoms with Gasteiger partial charge in [-0.15, -0.1) is 0 Å². The highest BCUT2D eigenvalue weighted by Crippen LogP contribution is 2.44. The van der Waals surface area contributed by atoms with E-state index < -0.39 is 0 Å². The second kappa shape index (κ2) is 7.06. The number of likely N-dealkylation sites (tertiary alicyclic amines) is 1. The van der Waals surface area contributed by atoms with Gasteiger partial charge in [-0.3, -0.25) is 4.79 Å². The van der Waals surface area contributed by atoms with Crippen molar-refractivity contribution in [3.05, 3.63) is 18.3 Å². The predicted molar refractivity (Wildman–Crippen MR) is 98.1 cm³/mol. The second-order valence-corrected chi connectivity index (χ2v) is 7.98. The Morgan fingerprint density at radius 2 is 2.08 bits per heavy atom.